The van der Waals surface area contributed by atoms with Crippen molar-refractivity contribution >= 4 is 35.5 Å². The van der Waals surface area contributed by atoms with Gasteiger partial charge in [-0.1, -0.05) is 0 Å². The molecule has 0 aliphatic rings. The summed E-state index contributed by atoms with van der Waals surface area (Å²) in [5.74, 6) is 0.464. The van der Waals surface area contributed by atoms with Crippen LogP contribution < -0.4 is 5.32 Å². The Morgan fingerprint density at radius 1 is 1.61 bits per heavy atom. The molecule has 2 N–H and O–H groups in total. The maximum atomic E-state index is 10.8. The number of thiazole rings is 1. The molecule has 1 aromatic rings. The Bertz CT molecular complexity index is 401. The van der Waals surface area contributed by atoms with Crippen LogP contribution in [-0.4, -0.2) is 34.3 Å². The normalized spacial score (nSPS) is 12.1. The van der Waals surface area contributed by atoms with Gasteiger partial charge >= 0.3 is 5.97 Å². The predicted molar refractivity (Wildman–Crippen MR) is 73.0 cm³/mol. The standard InChI is InChI=1S/C11H16N2O3S2/c1-7-8(2)18-10(13-7)5-17-4-3-9(11(15)16)12-6-14/h6,9H,3-5H2,1-2H3,(H,12,14)(H,15,16). The highest BCUT2D eigenvalue weighted by Crippen LogP contribution is 2.21. The maximum Gasteiger partial charge on any atom is 0.326 e. The Kier molecular flexibility index (Phi) is 6.14. The summed E-state index contributed by atoms with van der Waals surface area (Å²) in [6.45, 7) is 4.02. The molecule has 0 saturated carbocycles. The molecule has 5 nitrogen and oxygen atoms in total. The van der Waals surface area contributed by atoms with E-state index in [1.165, 1.54) is 4.88 Å². The molecular formula is C11H16N2O3S2. The molecule has 1 unspecified atom stereocenters. The highest BCUT2D eigenvalue weighted by Gasteiger charge is 2.15. The van der Waals surface area contributed by atoms with Gasteiger partial charge in [-0.05, 0) is 26.0 Å². The second kappa shape index (κ2) is 7.38. The highest BCUT2D eigenvalue weighted by molar-refractivity contribution is 7.98. The van der Waals surface area contributed by atoms with E-state index in [9.17, 15) is 9.59 Å². The monoisotopic (exact) mass is 288 g/mol. The Morgan fingerprint density at radius 2 is 2.33 bits per heavy atom. The van der Waals surface area contributed by atoms with Gasteiger partial charge in [-0.15, -0.1) is 11.3 Å². The Morgan fingerprint density at radius 3 is 2.83 bits per heavy atom. The third-order valence-electron chi connectivity index (χ3n) is 2.42. The molecule has 7 heteroatoms. The second-order valence-corrected chi connectivity index (χ2v) is 6.16. The topological polar surface area (TPSA) is 79.3 Å². The summed E-state index contributed by atoms with van der Waals surface area (Å²) in [7, 11) is 0. The number of hydrogen-bond acceptors (Lipinski definition) is 5. The van der Waals surface area contributed by atoms with Gasteiger partial charge in [0.05, 0.1) is 5.69 Å². The minimum Gasteiger partial charge on any atom is -0.480 e. The van der Waals surface area contributed by atoms with E-state index in [0.717, 1.165) is 16.5 Å². The van der Waals surface area contributed by atoms with Crippen molar-refractivity contribution in [2.45, 2.75) is 32.1 Å². The number of thioether (sulfide) groups is 1. The van der Waals surface area contributed by atoms with Crippen LogP contribution >= 0.6 is 23.1 Å². The minimum atomic E-state index is -0.997. The number of aromatic nitrogens is 1. The van der Waals surface area contributed by atoms with Gasteiger partial charge in [-0.2, -0.15) is 11.8 Å². The molecule has 1 rings (SSSR count). The highest BCUT2D eigenvalue weighted by atomic mass is 32.2. The van der Waals surface area contributed by atoms with Gasteiger partial charge in [-0.25, -0.2) is 9.78 Å². The molecule has 0 aliphatic carbocycles. The van der Waals surface area contributed by atoms with Gasteiger partial charge in [0.15, 0.2) is 0 Å². The number of carboxylic acids is 1. The summed E-state index contributed by atoms with van der Waals surface area (Å²) in [5, 5.41) is 12.2. The lowest BCUT2D eigenvalue weighted by Crippen LogP contribution is -2.36. The molecule has 0 fully saturated rings. The lowest BCUT2D eigenvalue weighted by atomic mass is 10.2. The van der Waals surface area contributed by atoms with Crippen LogP contribution in [0.25, 0.3) is 0 Å². The number of amides is 1. The van der Waals surface area contributed by atoms with Crippen molar-refractivity contribution in [2.24, 2.45) is 0 Å². The minimum absolute atomic E-state index is 0.419. The van der Waals surface area contributed by atoms with Crippen LogP contribution in [0, 0.1) is 13.8 Å². The first-order valence-electron chi connectivity index (χ1n) is 5.47. The average molecular weight is 288 g/mol. The quantitative estimate of drug-likeness (QED) is 0.561. The third-order valence-corrected chi connectivity index (χ3v) is 4.67. The fraction of sp³-hybridized carbons (Fsp3) is 0.545. The second-order valence-electron chi connectivity index (χ2n) is 3.77. The number of rotatable bonds is 8. The molecule has 1 heterocycles. The molecule has 100 valence electrons. The lowest BCUT2D eigenvalue weighted by molar-refractivity contribution is -0.140. The van der Waals surface area contributed by atoms with Gasteiger partial charge in [0.25, 0.3) is 0 Å². The van der Waals surface area contributed by atoms with Crippen LogP contribution in [0.4, 0.5) is 0 Å². The summed E-state index contributed by atoms with van der Waals surface area (Å²) in [4.78, 5) is 26.6. The molecule has 0 aromatic carbocycles. The van der Waals surface area contributed by atoms with E-state index in [1.807, 2.05) is 13.8 Å². The van der Waals surface area contributed by atoms with Crippen LogP contribution in [0.2, 0.25) is 0 Å². The molecule has 0 bridgehead atoms. The SMILES string of the molecule is Cc1nc(CSCCC(NC=O)C(=O)O)sc1C. The van der Waals surface area contributed by atoms with Crippen LogP contribution in [0.5, 0.6) is 0 Å². The summed E-state index contributed by atoms with van der Waals surface area (Å²) >= 11 is 3.30. The number of aliphatic carboxylic acids is 1. The van der Waals surface area contributed by atoms with Crippen LogP contribution in [-0.2, 0) is 15.3 Å². The predicted octanol–water partition coefficient (Wildman–Crippen LogP) is 1.58. The van der Waals surface area contributed by atoms with E-state index >= 15 is 0 Å². The van der Waals surface area contributed by atoms with Gasteiger partial charge in [0.2, 0.25) is 6.41 Å². The molecule has 0 saturated heterocycles. The number of carbonyl (C=O) groups is 2. The van der Waals surface area contributed by atoms with Gasteiger partial charge in [0.1, 0.15) is 11.0 Å². The average Bonchev–Trinajstić information content (AvgIpc) is 2.62. The molecule has 1 aromatic heterocycles. The maximum absolute atomic E-state index is 10.8. The van der Waals surface area contributed by atoms with Crippen molar-refractivity contribution in [3.05, 3.63) is 15.6 Å². The lowest BCUT2D eigenvalue weighted by Gasteiger charge is -2.09. The number of hydrogen-bond donors (Lipinski definition) is 2. The number of nitrogens with one attached hydrogen (secondary N) is 1. The Hall–Kier alpha value is -1.08. The number of carbonyl (C=O) groups excluding carboxylic acids is 1. The zero-order valence-corrected chi connectivity index (χ0v) is 11.9. The van der Waals surface area contributed by atoms with E-state index in [0.29, 0.717) is 18.6 Å². The van der Waals surface area contributed by atoms with E-state index in [-0.39, 0.29) is 0 Å². The van der Waals surface area contributed by atoms with Crippen LogP contribution in [0.3, 0.4) is 0 Å². The Labute approximate surface area is 114 Å². The Balaban J connectivity index is 2.29. The number of nitrogens with zero attached hydrogens (tertiary/aromatic N) is 1. The van der Waals surface area contributed by atoms with Crippen molar-refractivity contribution in [3.63, 3.8) is 0 Å². The molecular weight excluding hydrogens is 272 g/mol. The summed E-state index contributed by atoms with van der Waals surface area (Å²) in [6, 6.07) is -0.797. The van der Waals surface area contributed by atoms with Gasteiger partial charge < -0.3 is 10.4 Å². The number of carboxylic acid groups (broad SMARTS) is 1. The van der Waals surface area contributed by atoms with E-state index in [1.54, 1.807) is 23.1 Å². The first-order chi connectivity index (χ1) is 8.54. The van der Waals surface area contributed by atoms with Crippen molar-refractivity contribution in [2.75, 3.05) is 5.75 Å². The molecule has 1 amide bonds. The fourth-order valence-corrected chi connectivity index (χ4v) is 3.32. The molecule has 0 aliphatic heterocycles. The molecule has 18 heavy (non-hydrogen) atoms. The molecule has 0 spiro atoms. The summed E-state index contributed by atoms with van der Waals surface area (Å²) in [5.41, 5.74) is 1.06. The third kappa shape index (κ3) is 4.66. The number of aryl methyl sites for hydroxylation is 2. The van der Waals surface area contributed by atoms with E-state index < -0.39 is 12.0 Å². The first kappa shape index (κ1) is 15.0. The smallest absolute Gasteiger partial charge is 0.326 e. The van der Waals surface area contributed by atoms with Crippen molar-refractivity contribution in [3.8, 4) is 0 Å². The van der Waals surface area contributed by atoms with Crippen LogP contribution in [0.15, 0.2) is 0 Å². The largest absolute Gasteiger partial charge is 0.480 e. The van der Waals surface area contributed by atoms with Crippen molar-refractivity contribution in [1.82, 2.24) is 10.3 Å². The zero-order chi connectivity index (χ0) is 13.5. The van der Waals surface area contributed by atoms with Crippen molar-refractivity contribution < 1.29 is 14.7 Å². The van der Waals surface area contributed by atoms with Gasteiger partial charge in [-0.3, -0.25) is 4.79 Å². The first-order valence-corrected chi connectivity index (χ1v) is 7.45. The molecule has 0 radical (unpaired) electrons. The zero-order valence-electron chi connectivity index (χ0n) is 10.3. The van der Waals surface area contributed by atoms with E-state index in [2.05, 4.69) is 10.3 Å². The summed E-state index contributed by atoms with van der Waals surface area (Å²) < 4.78 is 0. The van der Waals surface area contributed by atoms with Crippen molar-refractivity contribution in [1.29, 1.82) is 0 Å². The summed E-state index contributed by atoms with van der Waals surface area (Å²) in [6.07, 6.45) is 0.846. The fourth-order valence-electron chi connectivity index (χ4n) is 1.32. The van der Waals surface area contributed by atoms with Gasteiger partial charge in [0, 0.05) is 10.6 Å². The molecule has 1 atom stereocenters. The van der Waals surface area contributed by atoms with Crippen LogP contribution in [0.1, 0.15) is 22.0 Å². The van der Waals surface area contributed by atoms with E-state index in [4.69, 9.17) is 5.11 Å².